The zero-order valence-corrected chi connectivity index (χ0v) is 20.6. The predicted molar refractivity (Wildman–Crippen MR) is 137 cm³/mol. The van der Waals surface area contributed by atoms with E-state index < -0.39 is 0 Å². The number of anilines is 2. The summed E-state index contributed by atoms with van der Waals surface area (Å²) in [6.07, 6.45) is 2.31. The van der Waals surface area contributed by atoms with E-state index in [2.05, 4.69) is 46.0 Å². The number of methoxy groups -OCH3 is 1. The molecule has 0 spiro atoms. The molecule has 0 aliphatic carbocycles. The summed E-state index contributed by atoms with van der Waals surface area (Å²) in [4.78, 5) is 21.8. The highest BCUT2D eigenvalue weighted by Crippen LogP contribution is 2.30. The molecule has 2 fully saturated rings. The van der Waals surface area contributed by atoms with Crippen LogP contribution >= 0.6 is 0 Å². The van der Waals surface area contributed by atoms with E-state index in [1.165, 1.54) is 5.69 Å². The summed E-state index contributed by atoms with van der Waals surface area (Å²) < 4.78 is 11.6. The molecule has 7 heteroatoms. The first-order chi connectivity index (χ1) is 16.7. The second kappa shape index (κ2) is 12.0. The summed E-state index contributed by atoms with van der Waals surface area (Å²) in [5.74, 6) is 2.08. The summed E-state index contributed by atoms with van der Waals surface area (Å²) in [6, 6.07) is 16.4. The van der Waals surface area contributed by atoms with Crippen LogP contribution in [0, 0.1) is 0 Å². The van der Waals surface area contributed by atoms with Crippen molar-refractivity contribution in [2.75, 3.05) is 82.9 Å². The predicted octanol–water partition coefficient (Wildman–Crippen LogP) is 3.34. The fraction of sp³-hybridized carbons (Fsp3) is 0.519. The molecule has 2 aliphatic rings. The first-order valence-electron chi connectivity index (χ1n) is 12.5. The number of unbranched alkanes of at least 4 members (excludes halogenated alkanes) is 1. The van der Waals surface area contributed by atoms with Gasteiger partial charge in [-0.15, -0.1) is 0 Å². The minimum absolute atomic E-state index is 0.248. The quantitative estimate of drug-likeness (QED) is 0.529. The van der Waals surface area contributed by atoms with E-state index in [-0.39, 0.29) is 5.91 Å². The van der Waals surface area contributed by atoms with Crippen LogP contribution in [0.25, 0.3) is 0 Å². The minimum Gasteiger partial charge on any atom is -0.495 e. The van der Waals surface area contributed by atoms with Gasteiger partial charge < -0.3 is 29.1 Å². The number of likely N-dealkylation sites (N-methyl/N-ethyl adjacent to an activating group) is 1. The van der Waals surface area contributed by atoms with E-state index in [0.29, 0.717) is 13.0 Å². The maximum Gasteiger partial charge on any atom is 0.222 e. The first-order valence-corrected chi connectivity index (χ1v) is 12.5. The molecule has 34 heavy (non-hydrogen) atoms. The molecule has 0 bridgehead atoms. The smallest absolute Gasteiger partial charge is 0.222 e. The third-order valence-electron chi connectivity index (χ3n) is 6.81. The first kappa shape index (κ1) is 24.2. The van der Waals surface area contributed by atoms with Crippen LogP contribution in [0.2, 0.25) is 0 Å². The standard InChI is InChI=1S/C27H38N4O3/c1-28-14-16-29(17-15-28)24-10-4-6-12-26(24)34-22-8-7-13-27(32)31-20-18-30(19-21-31)23-9-3-5-11-25(23)33-2/h3-6,9-12H,7-8,13-22H2,1-2H3. The summed E-state index contributed by atoms with van der Waals surface area (Å²) in [5.41, 5.74) is 2.28. The molecule has 0 atom stereocenters. The van der Waals surface area contributed by atoms with Crippen LogP contribution in [0.15, 0.2) is 48.5 Å². The molecule has 2 saturated heterocycles. The van der Waals surface area contributed by atoms with E-state index in [0.717, 1.165) is 82.4 Å². The van der Waals surface area contributed by atoms with Crippen molar-refractivity contribution in [2.24, 2.45) is 0 Å². The molecule has 1 amide bonds. The van der Waals surface area contributed by atoms with Crippen molar-refractivity contribution >= 4 is 17.3 Å². The van der Waals surface area contributed by atoms with Gasteiger partial charge in [0.1, 0.15) is 11.5 Å². The van der Waals surface area contributed by atoms with Crippen molar-refractivity contribution < 1.29 is 14.3 Å². The number of hydrogen-bond acceptors (Lipinski definition) is 6. The van der Waals surface area contributed by atoms with Gasteiger partial charge in [0, 0.05) is 58.8 Å². The van der Waals surface area contributed by atoms with Gasteiger partial charge in [-0.3, -0.25) is 4.79 Å². The lowest BCUT2D eigenvalue weighted by molar-refractivity contribution is -0.131. The number of piperazine rings is 2. The molecule has 2 aliphatic heterocycles. The second-order valence-electron chi connectivity index (χ2n) is 9.10. The molecule has 0 aromatic heterocycles. The van der Waals surface area contributed by atoms with Gasteiger partial charge in [-0.05, 0) is 44.2 Å². The Morgan fingerprint density at radius 2 is 1.32 bits per heavy atom. The maximum atomic E-state index is 12.7. The average molecular weight is 467 g/mol. The molecule has 0 saturated carbocycles. The van der Waals surface area contributed by atoms with Gasteiger partial charge in [0.15, 0.2) is 0 Å². The van der Waals surface area contributed by atoms with Crippen molar-refractivity contribution in [3.63, 3.8) is 0 Å². The second-order valence-corrected chi connectivity index (χ2v) is 9.10. The number of amides is 1. The Hall–Kier alpha value is -2.93. The lowest BCUT2D eigenvalue weighted by Crippen LogP contribution is -2.48. The zero-order valence-electron chi connectivity index (χ0n) is 20.6. The number of para-hydroxylation sites is 4. The number of carbonyl (C=O) groups is 1. The molecule has 7 nitrogen and oxygen atoms in total. The van der Waals surface area contributed by atoms with E-state index in [1.54, 1.807) is 7.11 Å². The molecular weight excluding hydrogens is 428 g/mol. The van der Waals surface area contributed by atoms with Crippen molar-refractivity contribution in [3.05, 3.63) is 48.5 Å². The SMILES string of the molecule is COc1ccccc1N1CCN(C(=O)CCCCOc2ccccc2N2CCN(C)CC2)CC1. The summed E-state index contributed by atoms with van der Waals surface area (Å²) in [7, 11) is 3.87. The van der Waals surface area contributed by atoms with Gasteiger partial charge in [-0.1, -0.05) is 24.3 Å². The van der Waals surface area contributed by atoms with Crippen LogP contribution in [0.4, 0.5) is 11.4 Å². The third kappa shape index (κ3) is 6.14. The van der Waals surface area contributed by atoms with Crippen molar-refractivity contribution in [2.45, 2.75) is 19.3 Å². The number of hydrogen-bond donors (Lipinski definition) is 0. The number of ether oxygens (including phenoxy) is 2. The van der Waals surface area contributed by atoms with E-state index in [1.807, 2.05) is 29.2 Å². The Morgan fingerprint density at radius 1 is 0.765 bits per heavy atom. The largest absolute Gasteiger partial charge is 0.495 e. The fourth-order valence-corrected chi connectivity index (χ4v) is 4.69. The lowest BCUT2D eigenvalue weighted by Gasteiger charge is -2.36. The van der Waals surface area contributed by atoms with Crippen molar-refractivity contribution in [1.29, 1.82) is 0 Å². The van der Waals surface area contributed by atoms with Crippen LogP contribution in [0.3, 0.4) is 0 Å². The van der Waals surface area contributed by atoms with Crippen LogP contribution in [0.1, 0.15) is 19.3 Å². The summed E-state index contributed by atoms with van der Waals surface area (Å²) in [6.45, 7) is 8.01. The fourth-order valence-electron chi connectivity index (χ4n) is 4.69. The Labute approximate surface area is 203 Å². The Kier molecular flexibility index (Phi) is 8.52. The Balaban J connectivity index is 1.17. The van der Waals surface area contributed by atoms with Crippen molar-refractivity contribution in [3.8, 4) is 11.5 Å². The van der Waals surface area contributed by atoms with Gasteiger partial charge >= 0.3 is 0 Å². The highest BCUT2D eigenvalue weighted by Gasteiger charge is 2.22. The normalized spacial score (nSPS) is 17.1. The molecule has 2 aromatic carbocycles. The van der Waals surface area contributed by atoms with Gasteiger partial charge in [0.25, 0.3) is 0 Å². The van der Waals surface area contributed by atoms with Gasteiger partial charge in [-0.2, -0.15) is 0 Å². The molecule has 2 aromatic rings. The third-order valence-corrected chi connectivity index (χ3v) is 6.81. The summed E-state index contributed by atoms with van der Waals surface area (Å²) >= 11 is 0. The molecular formula is C27H38N4O3. The van der Waals surface area contributed by atoms with Crippen LogP contribution in [-0.4, -0.2) is 88.8 Å². The van der Waals surface area contributed by atoms with E-state index >= 15 is 0 Å². The molecule has 184 valence electrons. The van der Waals surface area contributed by atoms with Crippen LogP contribution < -0.4 is 19.3 Å². The van der Waals surface area contributed by atoms with Crippen molar-refractivity contribution in [1.82, 2.24) is 9.80 Å². The monoisotopic (exact) mass is 466 g/mol. The van der Waals surface area contributed by atoms with E-state index in [9.17, 15) is 4.79 Å². The maximum absolute atomic E-state index is 12.7. The van der Waals surface area contributed by atoms with Gasteiger partial charge in [0.2, 0.25) is 5.91 Å². The number of nitrogens with zero attached hydrogens (tertiary/aromatic N) is 4. The molecule has 0 radical (unpaired) electrons. The molecule has 4 rings (SSSR count). The molecule has 0 N–H and O–H groups in total. The highest BCUT2D eigenvalue weighted by atomic mass is 16.5. The highest BCUT2D eigenvalue weighted by molar-refractivity contribution is 5.76. The lowest BCUT2D eigenvalue weighted by atomic mass is 10.2. The van der Waals surface area contributed by atoms with Crippen LogP contribution in [-0.2, 0) is 4.79 Å². The number of benzene rings is 2. The van der Waals surface area contributed by atoms with Gasteiger partial charge in [-0.25, -0.2) is 0 Å². The molecule has 0 unspecified atom stereocenters. The Bertz CT molecular complexity index is 922. The summed E-state index contributed by atoms with van der Waals surface area (Å²) in [5, 5.41) is 0. The number of carbonyl (C=O) groups excluding carboxylic acids is 1. The molecule has 2 heterocycles. The zero-order chi connectivity index (χ0) is 23.8. The van der Waals surface area contributed by atoms with Gasteiger partial charge in [0.05, 0.1) is 25.1 Å². The number of rotatable bonds is 9. The minimum atomic E-state index is 0.248. The van der Waals surface area contributed by atoms with Crippen LogP contribution in [0.5, 0.6) is 11.5 Å². The average Bonchev–Trinajstić information content (AvgIpc) is 2.89. The topological polar surface area (TPSA) is 48.5 Å². The Morgan fingerprint density at radius 3 is 1.97 bits per heavy atom. The van der Waals surface area contributed by atoms with E-state index in [4.69, 9.17) is 9.47 Å².